The zero-order valence-corrected chi connectivity index (χ0v) is 12.7. The van der Waals surface area contributed by atoms with Gasteiger partial charge in [-0.15, -0.1) is 0 Å². The normalized spacial score (nSPS) is 15.8. The monoisotopic (exact) mass is 313 g/mol. The predicted molar refractivity (Wildman–Crippen MR) is 76.4 cm³/mol. The fourth-order valence-corrected chi connectivity index (χ4v) is 2.70. The van der Waals surface area contributed by atoms with E-state index in [0.29, 0.717) is 6.42 Å². The molecule has 0 aliphatic heterocycles. The van der Waals surface area contributed by atoms with Crippen molar-refractivity contribution in [1.82, 2.24) is 0 Å². The standard InChI is InChI=1S/C14H20BrNO2/c1-4-14(10(2)16,9-13(17)18-3)11-6-5-7-12(15)8-11/h5-8,10H,4,9,16H2,1-3H3. The number of benzene rings is 1. The first-order valence-corrected chi connectivity index (χ1v) is 6.84. The molecule has 0 saturated carbocycles. The van der Waals surface area contributed by atoms with Crippen molar-refractivity contribution in [3.63, 3.8) is 0 Å². The Morgan fingerprint density at radius 1 is 1.56 bits per heavy atom. The summed E-state index contributed by atoms with van der Waals surface area (Å²) in [6, 6.07) is 7.83. The van der Waals surface area contributed by atoms with Gasteiger partial charge in [0.2, 0.25) is 0 Å². The van der Waals surface area contributed by atoms with Crippen LogP contribution in [0.1, 0.15) is 32.3 Å². The lowest BCUT2D eigenvalue weighted by Crippen LogP contribution is -2.45. The van der Waals surface area contributed by atoms with Crippen molar-refractivity contribution in [2.45, 2.75) is 38.1 Å². The third-order valence-electron chi connectivity index (χ3n) is 3.59. The first-order valence-electron chi connectivity index (χ1n) is 6.04. The van der Waals surface area contributed by atoms with Gasteiger partial charge in [0.15, 0.2) is 0 Å². The molecule has 2 N–H and O–H groups in total. The van der Waals surface area contributed by atoms with E-state index in [9.17, 15) is 4.79 Å². The van der Waals surface area contributed by atoms with Crippen molar-refractivity contribution in [2.24, 2.45) is 5.73 Å². The van der Waals surface area contributed by atoms with Gasteiger partial charge >= 0.3 is 5.97 Å². The summed E-state index contributed by atoms with van der Waals surface area (Å²) in [5, 5.41) is 0. The second-order valence-electron chi connectivity index (χ2n) is 4.56. The molecule has 2 unspecified atom stereocenters. The van der Waals surface area contributed by atoms with Crippen LogP contribution >= 0.6 is 15.9 Å². The highest BCUT2D eigenvalue weighted by atomic mass is 79.9. The van der Waals surface area contributed by atoms with E-state index in [1.807, 2.05) is 38.1 Å². The van der Waals surface area contributed by atoms with E-state index >= 15 is 0 Å². The topological polar surface area (TPSA) is 52.3 Å². The lowest BCUT2D eigenvalue weighted by atomic mass is 9.70. The van der Waals surface area contributed by atoms with E-state index in [1.165, 1.54) is 7.11 Å². The summed E-state index contributed by atoms with van der Waals surface area (Å²) >= 11 is 3.46. The molecule has 0 aliphatic carbocycles. The van der Waals surface area contributed by atoms with Gasteiger partial charge in [0, 0.05) is 15.9 Å². The number of nitrogens with two attached hydrogens (primary N) is 1. The van der Waals surface area contributed by atoms with Gasteiger partial charge < -0.3 is 10.5 Å². The fraction of sp³-hybridized carbons (Fsp3) is 0.500. The summed E-state index contributed by atoms with van der Waals surface area (Å²) in [5.41, 5.74) is 6.84. The van der Waals surface area contributed by atoms with Gasteiger partial charge in [0.05, 0.1) is 13.5 Å². The zero-order valence-electron chi connectivity index (χ0n) is 11.1. The second kappa shape index (κ2) is 6.34. The number of methoxy groups -OCH3 is 1. The van der Waals surface area contributed by atoms with Crippen LogP contribution < -0.4 is 5.73 Å². The molecule has 18 heavy (non-hydrogen) atoms. The Morgan fingerprint density at radius 3 is 2.67 bits per heavy atom. The Kier molecular flexibility index (Phi) is 5.35. The summed E-state index contributed by atoms with van der Waals surface area (Å²) in [6.45, 7) is 3.99. The molecule has 3 nitrogen and oxygen atoms in total. The lowest BCUT2D eigenvalue weighted by molar-refractivity contribution is -0.142. The van der Waals surface area contributed by atoms with Crippen LogP contribution in [-0.4, -0.2) is 19.1 Å². The summed E-state index contributed by atoms with van der Waals surface area (Å²) in [7, 11) is 1.41. The number of carbonyl (C=O) groups excluding carboxylic acids is 1. The number of hydrogen-bond acceptors (Lipinski definition) is 3. The molecule has 1 aromatic carbocycles. The number of halogens is 1. The van der Waals surface area contributed by atoms with Crippen LogP contribution in [0.4, 0.5) is 0 Å². The highest BCUT2D eigenvalue weighted by Gasteiger charge is 2.37. The number of carbonyl (C=O) groups is 1. The summed E-state index contributed by atoms with van der Waals surface area (Å²) in [5.74, 6) is -0.228. The smallest absolute Gasteiger partial charge is 0.306 e. The van der Waals surface area contributed by atoms with Crippen molar-refractivity contribution in [3.8, 4) is 0 Å². The molecule has 0 aromatic heterocycles. The Balaban J connectivity index is 3.22. The predicted octanol–water partition coefficient (Wildman–Crippen LogP) is 3.01. The molecule has 0 spiro atoms. The maximum Gasteiger partial charge on any atom is 0.306 e. The number of esters is 1. The van der Waals surface area contributed by atoms with Gasteiger partial charge in [-0.1, -0.05) is 35.0 Å². The molecule has 2 atom stereocenters. The van der Waals surface area contributed by atoms with Gasteiger partial charge in [-0.25, -0.2) is 0 Å². The minimum absolute atomic E-state index is 0.129. The maximum atomic E-state index is 11.7. The van der Waals surface area contributed by atoms with Gasteiger partial charge in [-0.05, 0) is 31.0 Å². The third kappa shape index (κ3) is 3.12. The molecule has 0 saturated heterocycles. The molecule has 0 fully saturated rings. The first kappa shape index (κ1) is 15.2. The Morgan fingerprint density at radius 2 is 2.22 bits per heavy atom. The van der Waals surface area contributed by atoms with E-state index in [4.69, 9.17) is 10.5 Å². The minimum atomic E-state index is -0.378. The molecule has 1 rings (SSSR count). The van der Waals surface area contributed by atoms with E-state index in [-0.39, 0.29) is 17.4 Å². The highest BCUT2D eigenvalue weighted by Crippen LogP contribution is 2.36. The van der Waals surface area contributed by atoms with Crippen LogP contribution in [0, 0.1) is 0 Å². The number of rotatable bonds is 5. The maximum absolute atomic E-state index is 11.7. The SMILES string of the molecule is CCC(CC(=O)OC)(c1cccc(Br)c1)C(C)N. The number of ether oxygens (including phenoxy) is 1. The zero-order chi connectivity index (χ0) is 13.8. The lowest BCUT2D eigenvalue weighted by Gasteiger charge is -2.36. The Bertz CT molecular complexity index is 420. The largest absolute Gasteiger partial charge is 0.469 e. The van der Waals surface area contributed by atoms with Gasteiger partial charge in [0.1, 0.15) is 0 Å². The van der Waals surface area contributed by atoms with Crippen molar-refractivity contribution in [3.05, 3.63) is 34.3 Å². The molecular formula is C14H20BrNO2. The number of hydrogen-bond donors (Lipinski definition) is 1. The first-order chi connectivity index (χ1) is 8.46. The van der Waals surface area contributed by atoms with Crippen molar-refractivity contribution < 1.29 is 9.53 Å². The van der Waals surface area contributed by atoms with Gasteiger partial charge in [0.25, 0.3) is 0 Å². The molecule has 1 aromatic rings. The molecule has 0 heterocycles. The van der Waals surface area contributed by atoms with E-state index in [2.05, 4.69) is 15.9 Å². The fourth-order valence-electron chi connectivity index (χ4n) is 2.30. The van der Waals surface area contributed by atoms with Crippen LogP contribution in [0.3, 0.4) is 0 Å². The average Bonchev–Trinajstić information content (AvgIpc) is 2.35. The molecule has 0 aliphatic rings. The van der Waals surface area contributed by atoms with Gasteiger partial charge in [-0.3, -0.25) is 4.79 Å². The van der Waals surface area contributed by atoms with E-state index in [0.717, 1.165) is 16.5 Å². The van der Waals surface area contributed by atoms with Crippen LogP contribution in [0.25, 0.3) is 0 Å². The molecule has 0 bridgehead atoms. The van der Waals surface area contributed by atoms with Crippen LogP contribution in [0.5, 0.6) is 0 Å². The summed E-state index contributed by atoms with van der Waals surface area (Å²) < 4.78 is 5.79. The molecule has 0 radical (unpaired) electrons. The van der Waals surface area contributed by atoms with E-state index < -0.39 is 0 Å². The Labute approximate surface area is 117 Å². The molecular weight excluding hydrogens is 294 g/mol. The average molecular weight is 314 g/mol. The molecule has 0 amide bonds. The van der Waals surface area contributed by atoms with Crippen LogP contribution in [-0.2, 0) is 14.9 Å². The van der Waals surface area contributed by atoms with Crippen molar-refractivity contribution in [2.75, 3.05) is 7.11 Å². The summed E-state index contributed by atoms with van der Waals surface area (Å²) in [4.78, 5) is 11.7. The van der Waals surface area contributed by atoms with Crippen molar-refractivity contribution in [1.29, 1.82) is 0 Å². The second-order valence-corrected chi connectivity index (χ2v) is 5.48. The van der Waals surface area contributed by atoms with Gasteiger partial charge in [-0.2, -0.15) is 0 Å². The Hall–Kier alpha value is -0.870. The van der Waals surface area contributed by atoms with Crippen LogP contribution in [0.2, 0.25) is 0 Å². The van der Waals surface area contributed by atoms with E-state index in [1.54, 1.807) is 0 Å². The van der Waals surface area contributed by atoms with Crippen molar-refractivity contribution >= 4 is 21.9 Å². The van der Waals surface area contributed by atoms with Crippen LogP contribution in [0.15, 0.2) is 28.7 Å². The molecule has 4 heteroatoms. The molecule has 100 valence electrons. The minimum Gasteiger partial charge on any atom is -0.469 e. The summed E-state index contributed by atoms with van der Waals surface area (Å²) in [6.07, 6.45) is 1.09. The third-order valence-corrected chi connectivity index (χ3v) is 4.08. The quantitative estimate of drug-likeness (QED) is 0.850. The highest BCUT2D eigenvalue weighted by molar-refractivity contribution is 9.10.